The second-order valence-corrected chi connectivity index (χ2v) is 15.2. The fraction of sp³-hybridized carbons (Fsp3) is 0.500. The molecule has 172 valence electrons. The lowest BCUT2D eigenvalue weighted by molar-refractivity contribution is -0.146. The highest BCUT2D eigenvalue weighted by Crippen LogP contribution is 2.44. The van der Waals surface area contributed by atoms with E-state index in [1.165, 1.54) is 15.9 Å². The summed E-state index contributed by atoms with van der Waals surface area (Å²) in [6, 6.07) is 21.8. The van der Waals surface area contributed by atoms with E-state index in [0.29, 0.717) is 18.4 Å². The van der Waals surface area contributed by atoms with Crippen LogP contribution < -0.4 is 10.4 Å². The molecule has 2 fully saturated rings. The molecule has 4 heteroatoms. The second-order valence-electron chi connectivity index (χ2n) is 10.9. The zero-order valence-corrected chi connectivity index (χ0v) is 21.3. The largest absolute Gasteiger partial charge is 0.407 e. The maximum Gasteiger partial charge on any atom is 0.261 e. The molecule has 1 aliphatic carbocycles. The van der Waals surface area contributed by atoms with Crippen LogP contribution in [-0.2, 0) is 13.9 Å². The van der Waals surface area contributed by atoms with Gasteiger partial charge in [-0.25, -0.2) is 0 Å². The number of hydrogen-bond acceptors (Lipinski definition) is 3. The molecule has 2 aromatic carbocycles. The maximum absolute atomic E-state index is 7.24. The summed E-state index contributed by atoms with van der Waals surface area (Å²) in [6.07, 6.45) is 2.11. The highest BCUT2D eigenvalue weighted by atomic mass is 28.4. The molecule has 1 saturated carbocycles. The zero-order chi connectivity index (χ0) is 23.0. The molecule has 0 N–H and O–H groups in total. The molecule has 32 heavy (non-hydrogen) atoms. The van der Waals surface area contributed by atoms with Gasteiger partial charge in [0.15, 0.2) is 5.79 Å². The SMILES string of the molecule is C=C1CC(CO[Si](c2ccccc2)(c2ccccc2)C(C)(C)C)C(C2COC(C)(C)O2)C1. The fourth-order valence-electron chi connectivity index (χ4n) is 5.64. The van der Waals surface area contributed by atoms with E-state index >= 15 is 0 Å². The smallest absolute Gasteiger partial charge is 0.261 e. The van der Waals surface area contributed by atoms with Crippen LogP contribution in [0.15, 0.2) is 72.8 Å². The average Bonchev–Trinajstić information content (AvgIpc) is 3.30. The van der Waals surface area contributed by atoms with Crippen LogP contribution in [0.5, 0.6) is 0 Å². The lowest BCUT2D eigenvalue weighted by Gasteiger charge is -2.44. The quantitative estimate of drug-likeness (QED) is 0.442. The van der Waals surface area contributed by atoms with Gasteiger partial charge in [-0.3, -0.25) is 0 Å². The Kier molecular flexibility index (Phi) is 6.52. The second kappa shape index (κ2) is 8.90. The van der Waals surface area contributed by atoms with Crippen LogP contribution in [-0.4, -0.2) is 33.4 Å². The Hall–Kier alpha value is -1.72. The third-order valence-corrected chi connectivity index (χ3v) is 12.1. The molecule has 0 aromatic heterocycles. The van der Waals surface area contributed by atoms with Gasteiger partial charge in [0.1, 0.15) is 0 Å². The number of hydrogen-bond donors (Lipinski definition) is 0. The third-order valence-electron chi connectivity index (χ3n) is 7.12. The van der Waals surface area contributed by atoms with Crippen molar-refractivity contribution in [3.63, 3.8) is 0 Å². The highest BCUT2D eigenvalue weighted by Gasteiger charge is 2.51. The lowest BCUT2D eigenvalue weighted by atomic mass is 9.91. The molecule has 0 amide bonds. The maximum atomic E-state index is 7.24. The predicted molar refractivity (Wildman–Crippen MR) is 134 cm³/mol. The first-order valence-corrected chi connectivity index (χ1v) is 13.8. The van der Waals surface area contributed by atoms with Gasteiger partial charge in [0.25, 0.3) is 8.32 Å². The van der Waals surface area contributed by atoms with Gasteiger partial charge in [0.05, 0.1) is 12.7 Å². The van der Waals surface area contributed by atoms with E-state index in [1.54, 1.807) is 0 Å². The molecular weight excluding hydrogens is 412 g/mol. The Morgan fingerprint density at radius 3 is 2.00 bits per heavy atom. The third kappa shape index (κ3) is 4.51. The van der Waals surface area contributed by atoms with E-state index in [0.717, 1.165) is 19.4 Å². The van der Waals surface area contributed by atoms with Crippen molar-refractivity contribution in [2.45, 2.75) is 64.4 Å². The molecular formula is C28H38O3Si. The molecule has 0 bridgehead atoms. The molecule has 0 radical (unpaired) electrons. The molecule has 3 atom stereocenters. The van der Waals surface area contributed by atoms with E-state index < -0.39 is 14.1 Å². The summed E-state index contributed by atoms with van der Waals surface area (Å²) in [4.78, 5) is 0. The zero-order valence-electron chi connectivity index (χ0n) is 20.3. The Labute approximate surface area is 194 Å². The van der Waals surface area contributed by atoms with E-state index in [1.807, 2.05) is 13.8 Å². The minimum absolute atomic E-state index is 0.0181. The van der Waals surface area contributed by atoms with Crippen LogP contribution >= 0.6 is 0 Å². The summed E-state index contributed by atoms with van der Waals surface area (Å²) >= 11 is 0. The summed E-state index contributed by atoms with van der Waals surface area (Å²) in [6.45, 7) is 16.7. The summed E-state index contributed by atoms with van der Waals surface area (Å²) in [5.74, 6) is 0.284. The van der Waals surface area contributed by atoms with Gasteiger partial charge in [-0.2, -0.15) is 0 Å². The molecule has 1 saturated heterocycles. The lowest BCUT2D eigenvalue weighted by Crippen LogP contribution is -2.67. The first kappa shape index (κ1) is 23.4. The van der Waals surface area contributed by atoms with Gasteiger partial charge in [0, 0.05) is 6.61 Å². The number of benzene rings is 2. The van der Waals surface area contributed by atoms with Gasteiger partial charge in [-0.15, -0.1) is 0 Å². The van der Waals surface area contributed by atoms with Crippen molar-refractivity contribution in [1.29, 1.82) is 0 Å². The van der Waals surface area contributed by atoms with Crippen molar-refractivity contribution in [2.24, 2.45) is 11.8 Å². The summed E-state index contributed by atoms with van der Waals surface area (Å²) in [5, 5.41) is 2.64. The van der Waals surface area contributed by atoms with Crippen molar-refractivity contribution in [1.82, 2.24) is 0 Å². The highest BCUT2D eigenvalue weighted by molar-refractivity contribution is 6.99. The monoisotopic (exact) mass is 450 g/mol. The molecule has 3 nitrogen and oxygen atoms in total. The first-order valence-electron chi connectivity index (χ1n) is 11.9. The Bertz CT molecular complexity index is 877. The van der Waals surface area contributed by atoms with Crippen LogP contribution in [0, 0.1) is 11.8 Å². The van der Waals surface area contributed by atoms with E-state index in [9.17, 15) is 0 Å². The van der Waals surface area contributed by atoms with Crippen LogP contribution in [0.3, 0.4) is 0 Å². The van der Waals surface area contributed by atoms with Crippen molar-refractivity contribution in [2.75, 3.05) is 13.2 Å². The fourth-order valence-corrected chi connectivity index (χ4v) is 10.3. The van der Waals surface area contributed by atoms with Gasteiger partial charge in [-0.1, -0.05) is 93.6 Å². The predicted octanol–water partition coefficient (Wildman–Crippen LogP) is 5.30. The Morgan fingerprint density at radius 1 is 0.969 bits per heavy atom. The topological polar surface area (TPSA) is 27.7 Å². The molecule has 0 spiro atoms. The average molecular weight is 451 g/mol. The molecule has 1 aliphatic heterocycles. The molecule has 3 unspecified atom stereocenters. The van der Waals surface area contributed by atoms with E-state index in [-0.39, 0.29) is 11.1 Å². The molecule has 1 heterocycles. The van der Waals surface area contributed by atoms with Crippen LogP contribution in [0.4, 0.5) is 0 Å². The molecule has 4 rings (SSSR count). The Balaban J connectivity index is 1.67. The van der Waals surface area contributed by atoms with Gasteiger partial charge >= 0.3 is 0 Å². The standard InChI is InChI=1S/C28H38O3Si/c1-21-17-22(25(18-21)26-20-29-28(5,6)31-26)19-30-32(27(2,3)4,23-13-9-7-10-14-23)24-15-11-8-12-16-24/h7-16,22,25-26H,1,17-20H2,2-6H3. The van der Waals surface area contributed by atoms with Gasteiger partial charge in [0.2, 0.25) is 0 Å². The summed E-state index contributed by atoms with van der Waals surface area (Å²) in [7, 11) is -2.54. The van der Waals surface area contributed by atoms with Crippen molar-refractivity contribution in [3.05, 3.63) is 72.8 Å². The van der Waals surface area contributed by atoms with E-state index in [4.69, 9.17) is 13.9 Å². The minimum atomic E-state index is -2.54. The summed E-state index contributed by atoms with van der Waals surface area (Å²) in [5.41, 5.74) is 1.30. The Morgan fingerprint density at radius 2 is 1.53 bits per heavy atom. The van der Waals surface area contributed by atoms with Crippen molar-refractivity contribution in [3.8, 4) is 0 Å². The number of rotatable bonds is 6. The van der Waals surface area contributed by atoms with Crippen LogP contribution in [0.2, 0.25) is 5.04 Å². The summed E-state index contributed by atoms with van der Waals surface area (Å²) < 4.78 is 19.4. The van der Waals surface area contributed by atoms with Crippen molar-refractivity contribution >= 4 is 18.7 Å². The molecule has 2 aliphatic rings. The van der Waals surface area contributed by atoms with E-state index in [2.05, 4.69) is 88.0 Å². The number of ether oxygens (including phenoxy) is 2. The minimum Gasteiger partial charge on any atom is -0.407 e. The van der Waals surface area contributed by atoms with Gasteiger partial charge < -0.3 is 13.9 Å². The molecule has 2 aromatic rings. The van der Waals surface area contributed by atoms with Crippen LogP contribution in [0.1, 0.15) is 47.5 Å². The number of allylic oxidation sites excluding steroid dienone is 1. The normalized spacial score (nSPS) is 25.9. The van der Waals surface area contributed by atoms with Crippen LogP contribution in [0.25, 0.3) is 0 Å². The van der Waals surface area contributed by atoms with Crippen molar-refractivity contribution < 1.29 is 13.9 Å². The van der Waals surface area contributed by atoms with Gasteiger partial charge in [-0.05, 0) is 53.9 Å². The first-order chi connectivity index (χ1) is 15.1.